The maximum absolute atomic E-state index is 12.2. The van der Waals surface area contributed by atoms with E-state index >= 15 is 0 Å². The molecular weight excluding hydrogens is 400 g/mol. The van der Waals surface area contributed by atoms with Crippen LogP contribution in [0.3, 0.4) is 0 Å². The van der Waals surface area contributed by atoms with E-state index in [1.54, 1.807) is 7.11 Å². The van der Waals surface area contributed by atoms with Gasteiger partial charge in [-0.05, 0) is 72.6 Å². The summed E-state index contributed by atoms with van der Waals surface area (Å²) in [5.74, 6) is 0.626. The molecule has 0 fully saturated rings. The second-order valence-corrected chi connectivity index (χ2v) is 7.86. The lowest BCUT2D eigenvalue weighted by Gasteiger charge is -2.11. The van der Waals surface area contributed by atoms with Crippen LogP contribution in [0.1, 0.15) is 25.0 Å². The predicted octanol–water partition coefficient (Wildman–Crippen LogP) is 4.79. The van der Waals surface area contributed by atoms with Crippen molar-refractivity contribution in [2.45, 2.75) is 30.9 Å². The Hall–Kier alpha value is -1.79. The number of rotatable bonds is 6. The summed E-state index contributed by atoms with van der Waals surface area (Å²) in [5.41, 5.74) is 5.48. The molecule has 1 amide bonds. The van der Waals surface area contributed by atoms with Crippen LogP contribution in [-0.4, -0.2) is 24.0 Å². The van der Waals surface area contributed by atoms with Crippen LogP contribution in [0.25, 0.3) is 0 Å². The maximum atomic E-state index is 12.2. The minimum absolute atomic E-state index is 0.127. The summed E-state index contributed by atoms with van der Waals surface area (Å²) in [6.07, 6.45) is 0. The summed E-state index contributed by atoms with van der Waals surface area (Å²) < 4.78 is 6.06. The van der Waals surface area contributed by atoms with E-state index in [1.165, 1.54) is 17.3 Å². The molecule has 2 rings (SSSR count). The van der Waals surface area contributed by atoms with Crippen LogP contribution in [0.15, 0.2) is 56.9 Å². The highest BCUT2D eigenvalue weighted by atomic mass is 79.9. The third-order valence-electron chi connectivity index (χ3n) is 3.61. The first kappa shape index (κ1) is 19.5. The number of hydrogen-bond acceptors (Lipinski definition) is 4. The molecule has 0 spiro atoms. The van der Waals surface area contributed by atoms with Gasteiger partial charge < -0.3 is 4.74 Å². The number of methoxy groups -OCH3 is 1. The number of hydrogen-bond donors (Lipinski definition) is 1. The fourth-order valence-corrected chi connectivity index (χ4v) is 3.46. The number of aryl methyl sites for hydroxylation is 1. The first-order valence-electron chi connectivity index (χ1n) is 7.82. The normalized spacial score (nSPS) is 12.6. The Morgan fingerprint density at radius 3 is 2.52 bits per heavy atom. The Labute approximate surface area is 161 Å². The summed E-state index contributed by atoms with van der Waals surface area (Å²) in [4.78, 5) is 13.3. The Morgan fingerprint density at radius 2 is 1.92 bits per heavy atom. The van der Waals surface area contributed by atoms with E-state index in [9.17, 15) is 4.79 Å². The van der Waals surface area contributed by atoms with Crippen molar-refractivity contribution in [2.24, 2.45) is 5.10 Å². The van der Waals surface area contributed by atoms with Crippen LogP contribution >= 0.6 is 27.7 Å². The highest BCUT2D eigenvalue weighted by Crippen LogP contribution is 2.26. The highest BCUT2D eigenvalue weighted by molar-refractivity contribution is 9.10. The molecule has 6 heteroatoms. The number of thioether (sulfide) groups is 1. The maximum Gasteiger partial charge on any atom is 0.253 e. The quantitative estimate of drug-likeness (QED) is 0.415. The highest BCUT2D eigenvalue weighted by Gasteiger charge is 2.14. The Morgan fingerprint density at radius 1 is 1.24 bits per heavy atom. The molecule has 2 aromatic rings. The fourth-order valence-electron chi connectivity index (χ4n) is 2.06. The van der Waals surface area contributed by atoms with Gasteiger partial charge in [0.05, 0.1) is 22.5 Å². The van der Waals surface area contributed by atoms with Gasteiger partial charge in [0.15, 0.2) is 0 Å². The fraction of sp³-hybridized carbons (Fsp3) is 0.263. The van der Waals surface area contributed by atoms with Gasteiger partial charge in [0.1, 0.15) is 5.75 Å². The lowest BCUT2D eigenvalue weighted by Crippen LogP contribution is -2.27. The standard InChI is InChI=1S/C19H21BrN2O2S/c1-12-5-8-16(9-6-12)25-14(3)19(23)22-21-13(2)15-7-10-18(24-4)17(20)11-15/h5-11,14H,1-4H3,(H,22,23)/b21-13-/t14-/m1/s1. The van der Waals surface area contributed by atoms with Crippen LogP contribution in [0, 0.1) is 6.92 Å². The molecule has 0 heterocycles. The lowest BCUT2D eigenvalue weighted by molar-refractivity contribution is -0.120. The van der Waals surface area contributed by atoms with Gasteiger partial charge in [0, 0.05) is 4.90 Å². The van der Waals surface area contributed by atoms with Gasteiger partial charge in [0.2, 0.25) is 0 Å². The Bertz CT molecular complexity index is 775. The van der Waals surface area contributed by atoms with Gasteiger partial charge in [-0.25, -0.2) is 5.43 Å². The van der Waals surface area contributed by atoms with E-state index in [2.05, 4.69) is 26.5 Å². The zero-order valence-corrected chi connectivity index (χ0v) is 17.1. The SMILES string of the molecule is COc1ccc(/C(C)=N\NC(=O)[C@@H](C)Sc2ccc(C)cc2)cc1Br. The second-order valence-electron chi connectivity index (χ2n) is 5.60. The second kappa shape index (κ2) is 9.06. The van der Waals surface area contributed by atoms with Gasteiger partial charge in [-0.15, -0.1) is 11.8 Å². The number of nitrogens with one attached hydrogen (secondary N) is 1. The average Bonchev–Trinajstić information content (AvgIpc) is 2.61. The molecule has 4 nitrogen and oxygen atoms in total. The van der Waals surface area contributed by atoms with Crippen molar-refractivity contribution < 1.29 is 9.53 Å². The van der Waals surface area contributed by atoms with Crippen LogP contribution < -0.4 is 10.2 Å². The van der Waals surface area contributed by atoms with E-state index in [4.69, 9.17) is 4.74 Å². The van der Waals surface area contributed by atoms with Crippen LogP contribution in [0.4, 0.5) is 0 Å². The molecule has 1 atom stereocenters. The van der Waals surface area contributed by atoms with Gasteiger partial charge in [-0.2, -0.15) is 5.10 Å². The molecule has 0 radical (unpaired) electrons. The summed E-state index contributed by atoms with van der Waals surface area (Å²) in [6, 6.07) is 13.8. The molecule has 0 bridgehead atoms. The molecule has 0 aliphatic rings. The molecule has 1 N–H and O–H groups in total. The Balaban J connectivity index is 1.98. The minimum atomic E-state index is -0.234. The predicted molar refractivity (Wildman–Crippen MR) is 108 cm³/mol. The molecule has 0 aliphatic carbocycles. The summed E-state index contributed by atoms with van der Waals surface area (Å²) in [6.45, 7) is 5.76. The van der Waals surface area contributed by atoms with Crippen LogP contribution in [-0.2, 0) is 4.79 Å². The van der Waals surface area contributed by atoms with Gasteiger partial charge in [0.25, 0.3) is 5.91 Å². The molecule has 2 aromatic carbocycles. The number of carbonyl (C=O) groups excluding carboxylic acids is 1. The molecule has 132 valence electrons. The minimum Gasteiger partial charge on any atom is -0.496 e. The zero-order valence-electron chi connectivity index (χ0n) is 14.7. The van der Waals surface area contributed by atoms with Gasteiger partial charge in [-0.3, -0.25) is 4.79 Å². The molecular formula is C19H21BrN2O2S. The van der Waals surface area contributed by atoms with E-state index in [1.807, 2.05) is 63.2 Å². The van der Waals surface area contributed by atoms with Crippen molar-refractivity contribution in [3.8, 4) is 5.75 Å². The van der Waals surface area contributed by atoms with E-state index in [0.29, 0.717) is 0 Å². The summed E-state index contributed by atoms with van der Waals surface area (Å²) in [5, 5.41) is 3.98. The first-order valence-corrected chi connectivity index (χ1v) is 9.49. The molecule has 0 unspecified atom stereocenters. The number of nitrogens with zero attached hydrogens (tertiary/aromatic N) is 1. The van der Waals surface area contributed by atoms with Crippen molar-refractivity contribution in [3.05, 3.63) is 58.1 Å². The lowest BCUT2D eigenvalue weighted by atomic mass is 10.1. The third kappa shape index (κ3) is 5.61. The monoisotopic (exact) mass is 420 g/mol. The molecule has 0 aromatic heterocycles. The van der Waals surface area contributed by atoms with Crippen LogP contribution in [0.2, 0.25) is 0 Å². The molecule has 0 saturated carbocycles. The van der Waals surface area contributed by atoms with E-state index in [-0.39, 0.29) is 11.2 Å². The van der Waals surface area contributed by atoms with Crippen LogP contribution in [0.5, 0.6) is 5.75 Å². The van der Waals surface area contributed by atoms with E-state index in [0.717, 1.165) is 26.4 Å². The van der Waals surface area contributed by atoms with Crippen molar-refractivity contribution >= 4 is 39.3 Å². The van der Waals surface area contributed by atoms with E-state index < -0.39 is 0 Å². The third-order valence-corrected chi connectivity index (χ3v) is 5.34. The molecule has 25 heavy (non-hydrogen) atoms. The number of halogens is 1. The Kier molecular flexibility index (Phi) is 7.08. The topological polar surface area (TPSA) is 50.7 Å². The number of carbonyl (C=O) groups is 1. The van der Waals surface area contributed by atoms with Crippen molar-refractivity contribution in [1.29, 1.82) is 0 Å². The number of amides is 1. The van der Waals surface area contributed by atoms with Crippen molar-refractivity contribution in [3.63, 3.8) is 0 Å². The number of hydrazone groups is 1. The zero-order chi connectivity index (χ0) is 18.4. The number of benzene rings is 2. The first-order chi connectivity index (χ1) is 11.9. The number of ether oxygens (including phenoxy) is 1. The van der Waals surface area contributed by atoms with Crippen molar-refractivity contribution in [1.82, 2.24) is 5.43 Å². The largest absolute Gasteiger partial charge is 0.496 e. The van der Waals surface area contributed by atoms with Gasteiger partial charge >= 0.3 is 0 Å². The molecule has 0 aliphatic heterocycles. The summed E-state index contributed by atoms with van der Waals surface area (Å²) >= 11 is 4.96. The van der Waals surface area contributed by atoms with Crippen molar-refractivity contribution in [2.75, 3.05) is 7.11 Å². The summed E-state index contributed by atoms with van der Waals surface area (Å²) in [7, 11) is 1.62. The average molecular weight is 421 g/mol. The van der Waals surface area contributed by atoms with Gasteiger partial charge in [-0.1, -0.05) is 17.7 Å². The molecule has 0 saturated heterocycles. The smallest absolute Gasteiger partial charge is 0.253 e.